The van der Waals surface area contributed by atoms with E-state index in [9.17, 15) is 19.5 Å². The molecule has 5 rings (SSSR count). The van der Waals surface area contributed by atoms with E-state index in [2.05, 4.69) is 29.6 Å². The van der Waals surface area contributed by atoms with E-state index in [-0.39, 0.29) is 31.3 Å². The quantitative estimate of drug-likeness (QED) is 0.419. The lowest BCUT2D eigenvalue weighted by molar-refractivity contribution is -0.159. The molecule has 2 fully saturated rings. The van der Waals surface area contributed by atoms with Crippen molar-refractivity contribution in [3.63, 3.8) is 0 Å². The number of nitrogens with zero attached hydrogens (tertiary/aromatic N) is 1. The van der Waals surface area contributed by atoms with Crippen LogP contribution in [0.25, 0.3) is 11.1 Å². The van der Waals surface area contributed by atoms with Gasteiger partial charge >= 0.3 is 18.2 Å². The van der Waals surface area contributed by atoms with Crippen LogP contribution in [0.2, 0.25) is 0 Å². The summed E-state index contributed by atoms with van der Waals surface area (Å²) in [6.45, 7) is 5.79. The fourth-order valence-corrected chi connectivity index (χ4v) is 6.57. The molecular formula is C32H40N2O6. The van der Waals surface area contributed by atoms with Gasteiger partial charge in [-0.1, -0.05) is 67.8 Å². The molecule has 0 atom stereocenters. The SMILES string of the molecule is CC(C)(C)OC(=O)NC1CC(C(=O)O)(N(CC2CCCCC2)C(=O)OCC2c3ccccc3-c3ccccc32)C1. The van der Waals surface area contributed by atoms with Gasteiger partial charge in [0.2, 0.25) is 0 Å². The number of carboxylic acid groups (broad SMARTS) is 1. The van der Waals surface area contributed by atoms with E-state index in [0.717, 1.165) is 54.4 Å². The first-order valence-corrected chi connectivity index (χ1v) is 14.4. The largest absolute Gasteiger partial charge is 0.479 e. The minimum atomic E-state index is -1.43. The molecule has 3 aliphatic carbocycles. The second-order valence-electron chi connectivity index (χ2n) is 12.5. The molecule has 0 spiro atoms. The summed E-state index contributed by atoms with van der Waals surface area (Å²) >= 11 is 0. The van der Waals surface area contributed by atoms with Crippen LogP contribution in [0.5, 0.6) is 0 Å². The number of hydrogen-bond donors (Lipinski definition) is 2. The lowest BCUT2D eigenvalue weighted by Gasteiger charge is -2.51. The average molecular weight is 549 g/mol. The molecule has 0 heterocycles. The molecule has 8 nitrogen and oxygen atoms in total. The fraction of sp³-hybridized carbons (Fsp3) is 0.531. The van der Waals surface area contributed by atoms with Crippen molar-refractivity contribution in [3.05, 3.63) is 59.7 Å². The third-order valence-electron chi connectivity index (χ3n) is 8.53. The van der Waals surface area contributed by atoms with Crippen molar-refractivity contribution in [2.45, 2.75) is 88.8 Å². The highest BCUT2D eigenvalue weighted by Crippen LogP contribution is 2.45. The number of carbonyl (C=O) groups excluding carboxylic acids is 2. The van der Waals surface area contributed by atoms with Crippen molar-refractivity contribution < 1.29 is 29.0 Å². The van der Waals surface area contributed by atoms with Gasteiger partial charge in [0.15, 0.2) is 0 Å². The number of nitrogens with one attached hydrogen (secondary N) is 1. The van der Waals surface area contributed by atoms with Crippen LogP contribution in [0.1, 0.15) is 82.8 Å². The van der Waals surface area contributed by atoms with Crippen LogP contribution in [0.15, 0.2) is 48.5 Å². The van der Waals surface area contributed by atoms with E-state index >= 15 is 0 Å². The zero-order valence-electron chi connectivity index (χ0n) is 23.7. The number of rotatable bonds is 7. The van der Waals surface area contributed by atoms with Crippen molar-refractivity contribution in [2.75, 3.05) is 13.2 Å². The zero-order chi connectivity index (χ0) is 28.5. The molecule has 0 unspecified atom stereocenters. The molecule has 3 aliphatic rings. The summed E-state index contributed by atoms with van der Waals surface area (Å²) in [6, 6.07) is 15.9. The molecule has 2 aromatic rings. The van der Waals surface area contributed by atoms with Crippen LogP contribution >= 0.6 is 0 Å². The Morgan fingerprint density at radius 1 is 0.950 bits per heavy atom. The average Bonchev–Trinajstić information content (AvgIpc) is 3.21. The summed E-state index contributed by atoms with van der Waals surface area (Å²) in [5, 5.41) is 13.2. The Morgan fingerprint density at radius 2 is 1.52 bits per heavy atom. The summed E-state index contributed by atoms with van der Waals surface area (Å²) in [5.74, 6) is -0.959. The van der Waals surface area contributed by atoms with E-state index in [0.29, 0.717) is 6.54 Å². The first-order chi connectivity index (χ1) is 19.1. The van der Waals surface area contributed by atoms with Gasteiger partial charge in [0, 0.05) is 31.3 Å². The van der Waals surface area contributed by atoms with Crippen LogP contribution in [0.3, 0.4) is 0 Å². The van der Waals surface area contributed by atoms with Crippen LogP contribution < -0.4 is 5.32 Å². The van der Waals surface area contributed by atoms with E-state index in [4.69, 9.17) is 9.47 Å². The van der Waals surface area contributed by atoms with Crippen LogP contribution in [-0.4, -0.2) is 58.5 Å². The highest BCUT2D eigenvalue weighted by atomic mass is 16.6. The number of benzene rings is 2. The third kappa shape index (κ3) is 5.67. The first kappa shape index (κ1) is 28.0. The number of carboxylic acids is 1. The molecule has 8 heteroatoms. The monoisotopic (exact) mass is 548 g/mol. The number of aliphatic carboxylic acids is 1. The highest BCUT2D eigenvalue weighted by molar-refractivity contribution is 5.86. The topological polar surface area (TPSA) is 105 Å². The maximum atomic E-state index is 13.8. The molecule has 40 heavy (non-hydrogen) atoms. The highest BCUT2D eigenvalue weighted by Gasteiger charge is 2.58. The van der Waals surface area contributed by atoms with Gasteiger partial charge < -0.3 is 19.9 Å². The van der Waals surface area contributed by atoms with Gasteiger partial charge in [-0.2, -0.15) is 0 Å². The van der Waals surface area contributed by atoms with E-state index in [1.165, 1.54) is 4.90 Å². The molecule has 2 saturated carbocycles. The smallest absolute Gasteiger partial charge is 0.410 e. The minimum absolute atomic E-state index is 0.110. The Hall–Kier alpha value is -3.55. The van der Waals surface area contributed by atoms with E-state index < -0.39 is 35.3 Å². The number of carbonyl (C=O) groups is 3. The fourth-order valence-electron chi connectivity index (χ4n) is 6.57. The third-order valence-corrected chi connectivity index (χ3v) is 8.53. The van der Waals surface area contributed by atoms with Gasteiger partial charge in [0.25, 0.3) is 0 Å². The molecule has 2 N–H and O–H groups in total. The minimum Gasteiger partial charge on any atom is -0.479 e. The molecular weight excluding hydrogens is 508 g/mol. The maximum absolute atomic E-state index is 13.8. The Labute approximate surface area is 236 Å². The van der Waals surface area contributed by atoms with Crippen molar-refractivity contribution in [2.24, 2.45) is 5.92 Å². The van der Waals surface area contributed by atoms with Crippen molar-refractivity contribution >= 4 is 18.2 Å². The molecule has 0 aromatic heterocycles. The predicted molar refractivity (Wildman–Crippen MR) is 151 cm³/mol. The van der Waals surface area contributed by atoms with Crippen molar-refractivity contribution in [1.82, 2.24) is 10.2 Å². The number of amides is 2. The van der Waals surface area contributed by atoms with E-state index in [1.807, 2.05) is 24.3 Å². The Morgan fingerprint density at radius 3 is 2.08 bits per heavy atom. The summed E-state index contributed by atoms with van der Waals surface area (Å²) < 4.78 is 11.3. The van der Waals surface area contributed by atoms with Gasteiger partial charge in [-0.25, -0.2) is 14.4 Å². The second kappa shape index (κ2) is 11.1. The number of hydrogen-bond acceptors (Lipinski definition) is 5. The second-order valence-corrected chi connectivity index (χ2v) is 12.5. The summed E-state index contributed by atoms with van der Waals surface area (Å²) in [4.78, 5) is 40.3. The number of ether oxygens (including phenoxy) is 2. The van der Waals surface area contributed by atoms with Crippen LogP contribution in [-0.2, 0) is 14.3 Å². The number of fused-ring (bicyclic) bond motifs is 3. The first-order valence-electron chi connectivity index (χ1n) is 14.4. The van der Waals surface area contributed by atoms with E-state index in [1.54, 1.807) is 20.8 Å². The zero-order valence-corrected chi connectivity index (χ0v) is 23.7. The number of alkyl carbamates (subject to hydrolysis) is 1. The van der Waals surface area contributed by atoms with Gasteiger partial charge in [-0.3, -0.25) is 4.90 Å². The molecule has 0 saturated heterocycles. The van der Waals surface area contributed by atoms with Gasteiger partial charge in [0.1, 0.15) is 17.7 Å². The Kier molecular flexibility index (Phi) is 7.80. The van der Waals surface area contributed by atoms with Crippen LogP contribution in [0, 0.1) is 5.92 Å². The summed E-state index contributed by atoms with van der Waals surface area (Å²) in [6.07, 6.45) is 4.26. The Balaban J connectivity index is 1.33. The van der Waals surface area contributed by atoms with Crippen molar-refractivity contribution in [3.8, 4) is 11.1 Å². The normalized spacial score (nSPS) is 22.4. The molecule has 0 aliphatic heterocycles. The maximum Gasteiger partial charge on any atom is 0.410 e. The lowest BCUT2D eigenvalue weighted by atomic mass is 9.70. The lowest BCUT2D eigenvalue weighted by Crippen LogP contribution is -2.69. The molecule has 2 amide bonds. The van der Waals surface area contributed by atoms with Gasteiger partial charge in [-0.15, -0.1) is 0 Å². The van der Waals surface area contributed by atoms with Crippen LogP contribution in [0.4, 0.5) is 9.59 Å². The molecule has 214 valence electrons. The summed E-state index contributed by atoms with van der Waals surface area (Å²) in [5.41, 5.74) is 2.39. The standard InChI is InChI=1S/C32H40N2O6/c1-31(2,3)40-29(37)33-22-17-32(18-22,28(35)36)34(19-21-11-5-4-6-12-21)30(38)39-20-27-25-15-9-7-13-23(25)24-14-8-10-16-26(24)27/h7-10,13-16,21-22,27H,4-6,11-12,17-20H2,1-3H3,(H,33,37)(H,35,36). The molecule has 0 radical (unpaired) electrons. The summed E-state index contributed by atoms with van der Waals surface area (Å²) in [7, 11) is 0. The van der Waals surface area contributed by atoms with Crippen molar-refractivity contribution in [1.29, 1.82) is 0 Å². The Bertz CT molecular complexity index is 1210. The van der Waals surface area contributed by atoms with Gasteiger partial charge in [0.05, 0.1) is 0 Å². The molecule has 0 bridgehead atoms. The molecule has 2 aromatic carbocycles. The van der Waals surface area contributed by atoms with Gasteiger partial charge in [-0.05, 0) is 61.8 Å². The predicted octanol–water partition coefficient (Wildman–Crippen LogP) is 6.33.